The number of ether oxygens (including phenoxy) is 1. The zero-order valence-electron chi connectivity index (χ0n) is 14.1. The molecular weight excluding hydrogens is 334 g/mol. The molecule has 1 aliphatic heterocycles. The SMILES string of the molecule is O=C(NC[C@@H]1COc2ccccc21)C1(c2ccc(Cl)cc2)CCCC1. The van der Waals surface area contributed by atoms with Gasteiger partial charge in [-0.15, -0.1) is 0 Å². The average molecular weight is 356 g/mol. The normalized spacial score (nSPS) is 20.8. The Morgan fingerprint density at radius 1 is 1.12 bits per heavy atom. The maximum Gasteiger partial charge on any atom is 0.230 e. The van der Waals surface area contributed by atoms with Gasteiger partial charge in [0.05, 0.1) is 12.0 Å². The predicted molar refractivity (Wildman–Crippen MR) is 99.3 cm³/mol. The Labute approximate surface area is 153 Å². The molecule has 0 radical (unpaired) electrons. The molecule has 0 aromatic heterocycles. The summed E-state index contributed by atoms with van der Waals surface area (Å²) in [7, 11) is 0. The highest BCUT2D eigenvalue weighted by Gasteiger charge is 2.42. The van der Waals surface area contributed by atoms with Crippen LogP contribution in [0.15, 0.2) is 48.5 Å². The Bertz CT molecular complexity index is 766. The van der Waals surface area contributed by atoms with E-state index >= 15 is 0 Å². The van der Waals surface area contributed by atoms with Crippen molar-refractivity contribution in [3.8, 4) is 5.75 Å². The number of carbonyl (C=O) groups excluding carboxylic acids is 1. The first kappa shape index (κ1) is 16.5. The summed E-state index contributed by atoms with van der Waals surface area (Å²) in [5.74, 6) is 1.30. The van der Waals surface area contributed by atoms with Gasteiger partial charge in [0.2, 0.25) is 5.91 Å². The van der Waals surface area contributed by atoms with E-state index in [-0.39, 0.29) is 11.8 Å². The molecule has 2 aromatic rings. The molecule has 1 saturated carbocycles. The van der Waals surface area contributed by atoms with Crippen molar-refractivity contribution in [3.63, 3.8) is 0 Å². The summed E-state index contributed by atoms with van der Waals surface area (Å²) in [6.45, 7) is 1.25. The number of hydrogen-bond donors (Lipinski definition) is 1. The number of amides is 1. The number of nitrogens with one attached hydrogen (secondary N) is 1. The molecule has 2 aliphatic rings. The van der Waals surface area contributed by atoms with E-state index in [1.54, 1.807) is 0 Å². The molecule has 3 nitrogen and oxygen atoms in total. The van der Waals surface area contributed by atoms with E-state index in [1.165, 1.54) is 5.56 Å². The highest BCUT2D eigenvalue weighted by Crippen LogP contribution is 2.42. The van der Waals surface area contributed by atoms with Gasteiger partial charge in [-0.1, -0.05) is 54.8 Å². The average Bonchev–Trinajstić information content (AvgIpc) is 3.28. The highest BCUT2D eigenvalue weighted by molar-refractivity contribution is 6.30. The lowest BCUT2D eigenvalue weighted by molar-refractivity contribution is -0.126. The van der Waals surface area contributed by atoms with Crippen molar-refractivity contribution in [2.24, 2.45) is 0 Å². The van der Waals surface area contributed by atoms with Crippen LogP contribution in [0.5, 0.6) is 5.75 Å². The van der Waals surface area contributed by atoms with E-state index in [4.69, 9.17) is 16.3 Å². The summed E-state index contributed by atoms with van der Waals surface area (Å²) in [5, 5.41) is 3.92. The lowest BCUT2D eigenvalue weighted by Gasteiger charge is -2.29. The van der Waals surface area contributed by atoms with Crippen LogP contribution in [0.3, 0.4) is 0 Å². The zero-order chi connectivity index (χ0) is 17.3. The van der Waals surface area contributed by atoms with Crippen LogP contribution in [0, 0.1) is 0 Å². The van der Waals surface area contributed by atoms with Gasteiger partial charge in [-0.25, -0.2) is 0 Å². The topological polar surface area (TPSA) is 38.3 Å². The number of benzene rings is 2. The molecule has 1 aliphatic carbocycles. The predicted octanol–water partition coefficient (Wildman–Crippen LogP) is 4.44. The molecular formula is C21H22ClNO2. The van der Waals surface area contributed by atoms with E-state index in [0.29, 0.717) is 18.2 Å². The van der Waals surface area contributed by atoms with Gasteiger partial charge >= 0.3 is 0 Å². The first-order valence-electron chi connectivity index (χ1n) is 8.95. The third-order valence-electron chi connectivity index (χ3n) is 5.60. The number of hydrogen-bond acceptors (Lipinski definition) is 2. The van der Waals surface area contributed by atoms with Crippen LogP contribution in [0.4, 0.5) is 0 Å². The summed E-state index contributed by atoms with van der Waals surface area (Å²) < 4.78 is 5.73. The standard InChI is InChI=1S/C21H22ClNO2/c22-17-9-7-16(8-10-17)21(11-3-4-12-21)20(24)23-13-15-14-25-19-6-2-1-5-18(15)19/h1-2,5-10,15H,3-4,11-14H2,(H,23,24)/t15-/m1/s1. The fourth-order valence-electron chi connectivity index (χ4n) is 4.18. The minimum atomic E-state index is -0.413. The van der Waals surface area contributed by atoms with Gasteiger partial charge in [0, 0.05) is 23.0 Å². The Morgan fingerprint density at radius 2 is 1.84 bits per heavy atom. The van der Waals surface area contributed by atoms with Crippen LogP contribution in [0.1, 0.15) is 42.7 Å². The summed E-state index contributed by atoms with van der Waals surface area (Å²) >= 11 is 6.02. The molecule has 4 rings (SSSR count). The van der Waals surface area contributed by atoms with Crippen LogP contribution >= 0.6 is 11.6 Å². The van der Waals surface area contributed by atoms with Crippen LogP contribution < -0.4 is 10.1 Å². The Kier molecular flexibility index (Phi) is 4.43. The van der Waals surface area contributed by atoms with E-state index in [0.717, 1.165) is 37.0 Å². The lowest BCUT2D eigenvalue weighted by Crippen LogP contribution is -2.44. The fourth-order valence-corrected chi connectivity index (χ4v) is 4.30. The van der Waals surface area contributed by atoms with Crippen LogP contribution in [0.25, 0.3) is 0 Å². The van der Waals surface area contributed by atoms with Gasteiger partial charge in [-0.2, -0.15) is 0 Å². The number of para-hydroxylation sites is 1. The maximum absolute atomic E-state index is 13.1. The second kappa shape index (κ2) is 6.72. The molecule has 130 valence electrons. The van der Waals surface area contributed by atoms with Crippen LogP contribution in [-0.2, 0) is 10.2 Å². The van der Waals surface area contributed by atoms with Crippen molar-refractivity contribution in [3.05, 3.63) is 64.7 Å². The number of rotatable bonds is 4. The van der Waals surface area contributed by atoms with Gasteiger partial charge in [0.1, 0.15) is 5.75 Å². The summed E-state index contributed by atoms with van der Waals surface area (Å²) in [5.41, 5.74) is 1.86. The van der Waals surface area contributed by atoms with E-state index < -0.39 is 5.41 Å². The zero-order valence-corrected chi connectivity index (χ0v) is 14.9. The maximum atomic E-state index is 13.1. The molecule has 0 spiro atoms. The smallest absolute Gasteiger partial charge is 0.230 e. The van der Waals surface area contributed by atoms with Crippen molar-refractivity contribution in [1.82, 2.24) is 5.32 Å². The summed E-state index contributed by atoms with van der Waals surface area (Å²) in [4.78, 5) is 13.1. The van der Waals surface area contributed by atoms with E-state index in [9.17, 15) is 4.79 Å². The van der Waals surface area contributed by atoms with Gasteiger partial charge in [-0.05, 0) is 36.6 Å². The quantitative estimate of drug-likeness (QED) is 0.880. The molecule has 25 heavy (non-hydrogen) atoms. The minimum Gasteiger partial charge on any atom is -0.493 e. The largest absolute Gasteiger partial charge is 0.493 e. The molecule has 0 unspecified atom stereocenters. The Balaban J connectivity index is 1.50. The van der Waals surface area contributed by atoms with E-state index in [2.05, 4.69) is 11.4 Å². The lowest BCUT2D eigenvalue weighted by atomic mass is 9.78. The van der Waals surface area contributed by atoms with Gasteiger partial charge in [0.15, 0.2) is 0 Å². The monoisotopic (exact) mass is 355 g/mol. The number of fused-ring (bicyclic) bond motifs is 1. The molecule has 1 fully saturated rings. The van der Waals surface area contributed by atoms with Crippen molar-refractivity contribution in [1.29, 1.82) is 0 Å². The van der Waals surface area contributed by atoms with Crippen molar-refractivity contribution >= 4 is 17.5 Å². The molecule has 2 aromatic carbocycles. The van der Waals surface area contributed by atoms with Gasteiger partial charge in [-0.3, -0.25) is 4.79 Å². The third kappa shape index (κ3) is 3.02. The Hall–Kier alpha value is -2.00. The third-order valence-corrected chi connectivity index (χ3v) is 5.85. The fraction of sp³-hybridized carbons (Fsp3) is 0.381. The van der Waals surface area contributed by atoms with Gasteiger partial charge < -0.3 is 10.1 Å². The van der Waals surface area contributed by atoms with Gasteiger partial charge in [0.25, 0.3) is 0 Å². The molecule has 1 amide bonds. The minimum absolute atomic E-state index is 0.136. The molecule has 4 heteroatoms. The summed E-state index contributed by atoms with van der Waals surface area (Å²) in [6, 6.07) is 15.8. The highest BCUT2D eigenvalue weighted by atomic mass is 35.5. The molecule has 1 atom stereocenters. The first-order valence-corrected chi connectivity index (χ1v) is 9.33. The summed E-state index contributed by atoms with van der Waals surface area (Å²) in [6.07, 6.45) is 3.98. The Morgan fingerprint density at radius 3 is 2.60 bits per heavy atom. The van der Waals surface area contributed by atoms with Crippen molar-refractivity contribution < 1.29 is 9.53 Å². The number of carbonyl (C=O) groups is 1. The molecule has 0 saturated heterocycles. The second-order valence-corrected chi connectivity index (χ2v) is 7.49. The van der Waals surface area contributed by atoms with Crippen molar-refractivity contribution in [2.75, 3.05) is 13.2 Å². The van der Waals surface area contributed by atoms with E-state index in [1.807, 2.05) is 42.5 Å². The number of halogens is 1. The van der Waals surface area contributed by atoms with Crippen LogP contribution in [0.2, 0.25) is 5.02 Å². The van der Waals surface area contributed by atoms with Crippen molar-refractivity contribution in [2.45, 2.75) is 37.0 Å². The van der Waals surface area contributed by atoms with Crippen LogP contribution in [-0.4, -0.2) is 19.1 Å². The second-order valence-electron chi connectivity index (χ2n) is 7.05. The molecule has 0 bridgehead atoms. The molecule has 1 N–H and O–H groups in total. The first-order chi connectivity index (χ1) is 12.2. The molecule has 1 heterocycles.